The number of carbonyl (C=O) groups excluding carboxylic acids is 1. The van der Waals surface area contributed by atoms with Gasteiger partial charge in [0.2, 0.25) is 0 Å². The number of esters is 1. The van der Waals surface area contributed by atoms with Crippen LogP contribution in [0, 0.1) is 0 Å². The fourth-order valence-corrected chi connectivity index (χ4v) is 4.49. The number of hydrogen-bond donors (Lipinski definition) is 1. The number of ether oxygens (including phenoxy) is 1. The van der Waals surface area contributed by atoms with Crippen molar-refractivity contribution in [2.75, 3.05) is 7.11 Å². The van der Waals surface area contributed by atoms with Crippen LogP contribution in [0.25, 0.3) is 0 Å². The third-order valence-electron chi connectivity index (χ3n) is 3.89. The summed E-state index contributed by atoms with van der Waals surface area (Å²) in [4.78, 5) is 13.6. The van der Waals surface area contributed by atoms with Gasteiger partial charge in [0.25, 0.3) is 0 Å². The highest BCUT2D eigenvalue weighted by Crippen LogP contribution is 2.39. The van der Waals surface area contributed by atoms with E-state index < -0.39 is 5.54 Å². The summed E-state index contributed by atoms with van der Waals surface area (Å²) in [6.45, 7) is 4.16. The maximum Gasteiger partial charge on any atom is 0.326 e. The molecular weight excluding hydrogens is 282 g/mol. The zero-order chi connectivity index (χ0) is 15.3. The summed E-state index contributed by atoms with van der Waals surface area (Å²) in [6.07, 6.45) is 3.90. The van der Waals surface area contributed by atoms with Gasteiger partial charge in [-0.05, 0) is 51.7 Å². The van der Waals surface area contributed by atoms with E-state index in [4.69, 9.17) is 4.74 Å². The minimum absolute atomic E-state index is 0.116. The Morgan fingerprint density at radius 2 is 2.10 bits per heavy atom. The smallest absolute Gasteiger partial charge is 0.326 e. The molecule has 0 bridgehead atoms. The Bertz CT molecular complexity index is 463. The van der Waals surface area contributed by atoms with Crippen molar-refractivity contribution in [3.05, 3.63) is 30.3 Å². The van der Waals surface area contributed by atoms with Gasteiger partial charge in [-0.25, -0.2) is 0 Å². The number of rotatable bonds is 5. The number of carbonyl (C=O) groups is 1. The third kappa shape index (κ3) is 4.24. The molecule has 1 aromatic rings. The summed E-state index contributed by atoms with van der Waals surface area (Å²) in [5.74, 6) is -0.116. The average molecular weight is 307 g/mol. The van der Waals surface area contributed by atoms with Crippen LogP contribution in [0.3, 0.4) is 0 Å². The van der Waals surface area contributed by atoms with Crippen LogP contribution < -0.4 is 5.32 Å². The zero-order valence-electron chi connectivity index (χ0n) is 13.1. The predicted molar refractivity (Wildman–Crippen MR) is 87.6 cm³/mol. The van der Waals surface area contributed by atoms with Crippen molar-refractivity contribution in [3.8, 4) is 0 Å². The Balaban J connectivity index is 2.10. The zero-order valence-corrected chi connectivity index (χ0v) is 13.9. The number of methoxy groups -OCH3 is 1. The summed E-state index contributed by atoms with van der Waals surface area (Å²) in [6, 6.07) is 10.7. The van der Waals surface area contributed by atoms with Crippen molar-refractivity contribution < 1.29 is 9.53 Å². The van der Waals surface area contributed by atoms with Crippen LogP contribution in [0.4, 0.5) is 0 Å². The molecule has 3 nitrogen and oxygen atoms in total. The molecule has 1 aliphatic carbocycles. The minimum Gasteiger partial charge on any atom is -0.468 e. The summed E-state index contributed by atoms with van der Waals surface area (Å²) in [5.41, 5.74) is -0.520. The van der Waals surface area contributed by atoms with Crippen LogP contribution in [0.15, 0.2) is 35.2 Å². The number of nitrogens with one attached hydrogen (secondary N) is 1. The number of thioether (sulfide) groups is 1. The lowest BCUT2D eigenvalue weighted by Crippen LogP contribution is -2.58. The Labute approximate surface area is 131 Å². The lowest BCUT2D eigenvalue weighted by Gasteiger charge is -2.40. The monoisotopic (exact) mass is 307 g/mol. The third-order valence-corrected chi connectivity index (χ3v) is 5.17. The van der Waals surface area contributed by atoms with Gasteiger partial charge in [-0.15, -0.1) is 11.8 Å². The van der Waals surface area contributed by atoms with Gasteiger partial charge in [-0.1, -0.05) is 18.2 Å². The lowest BCUT2D eigenvalue weighted by atomic mass is 9.81. The first-order chi connectivity index (χ1) is 10.1. The first-order valence-corrected chi connectivity index (χ1v) is 8.51. The van der Waals surface area contributed by atoms with Gasteiger partial charge in [-0.2, -0.15) is 0 Å². The molecule has 0 aliphatic heterocycles. The van der Waals surface area contributed by atoms with Crippen molar-refractivity contribution in [2.45, 2.75) is 61.3 Å². The van der Waals surface area contributed by atoms with E-state index in [1.54, 1.807) is 0 Å². The SMILES string of the molecule is COC(=O)C1(NC(C)C)CCCC(Sc2ccccc2)C1. The molecule has 0 spiro atoms. The molecule has 0 heterocycles. The van der Waals surface area contributed by atoms with Crippen LogP contribution >= 0.6 is 11.8 Å². The minimum atomic E-state index is -0.520. The normalized spacial score (nSPS) is 25.8. The fourth-order valence-electron chi connectivity index (χ4n) is 3.14. The maximum absolute atomic E-state index is 12.3. The summed E-state index contributed by atoms with van der Waals surface area (Å²) in [7, 11) is 1.49. The van der Waals surface area contributed by atoms with Crippen LogP contribution in [0.2, 0.25) is 0 Å². The molecule has 2 atom stereocenters. The van der Waals surface area contributed by atoms with Crippen molar-refractivity contribution in [1.29, 1.82) is 0 Å². The van der Waals surface area contributed by atoms with Gasteiger partial charge in [-0.3, -0.25) is 10.1 Å². The molecule has 1 saturated carbocycles. The molecular formula is C17H25NO2S. The van der Waals surface area contributed by atoms with Gasteiger partial charge < -0.3 is 4.74 Å². The first kappa shape index (κ1) is 16.4. The van der Waals surface area contributed by atoms with Crippen LogP contribution in [-0.2, 0) is 9.53 Å². The number of hydrogen-bond acceptors (Lipinski definition) is 4. The number of benzene rings is 1. The van der Waals surface area contributed by atoms with Crippen molar-refractivity contribution >= 4 is 17.7 Å². The average Bonchev–Trinajstić information content (AvgIpc) is 2.47. The molecule has 21 heavy (non-hydrogen) atoms. The van der Waals surface area contributed by atoms with E-state index >= 15 is 0 Å². The Morgan fingerprint density at radius 1 is 1.38 bits per heavy atom. The van der Waals surface area contributed by atoms with Gasteiger partial charge in [0.1, 0.15) is 5.54 Å². The van der Waals surface area contributed by atoms with Gasteiger partial charge in [0.15, 0.2) is 0 Å². The van der Waals surface area contributed by atoms with Gasteiger partial charge in [0, 0.05) is 16.2 Å². The highest BCUT2D eigenvalue weighted by Gasteiger charge is 2.44. The molecule has 2 unspecified atom stereocenters. The molecule has 0 radical (unpaired) electrons. The second-order valence-electron chi connectivity index (χ2n) is 6.02. The van der Waals surface area contributed by atoms with Crippen LogP contribution in [-0.4, -0.2) is 29.9 Å². The summed E-state index contributed by atoms with van der Waals surface area (Å²) >= 11 is 1.87. The van der Waals surface area contributed by atoms with E-state index in [1.165, 1.54) is 12.0 Å². The molecule has 4 heteroatoms. The topological polar surface area (TPSA) is 38.3 Å². The standard InChI is InChI=1S/C17H25NO2S/c1-13(2)18-17(16(19)20-3)11-7-10-15(12-17)21-14-8-5-4-6-9-14/h4-6,8-9,13,15,18H,7,10-12H2,1-3H3. The maximum atomic E-state index is 12.3. The van der Waals surface area contributed by atoms with E-state index in [1.807, 2.05) is 17.8 Å². The highest BCUT2D eigenvalue weighted by molar-refractivity contribution is 8.00. The molecule has 0 amide bonds. The molecule has 1 aliphatic rings. The predicted octanol–water partition coefficient (Wildman–Crippen LogP) is 3.63. The molecule has 116 valence electrons. The second-order valence-corrected chi connectivity index (χ2v) is 7.40. The Hall–Kier alpha value is -1.00. The van der Waals surface area contributed by atoms with E-state index in [2.05, 4.69) is 43.4 Å². The Kier molecular flexibility index (Phi) is 5.71. The van der Waals surface area contributed by atoms with Gasteiger partial charge >= 0.3 is 5.97 Å². The molecule has 2 rings (SSSR count). The van der Waals surface area contributed by atoms with E-state index in [9.17, 15) is 4.79 Å². The lowest BCUT2D eigenvalue weighted by molar-refractivity contribution is -0.150. The van der Waals surface area contributed by atoms with Crippen molar-refractivity contribution in [1.82, 2.24) is 5.32 Å². The first-order valence-electron chi connectivity index (χ1n) is 7.63. The largest absolute Gasteiger partial charge is 0.468 e. The Morgan fingerprint density at radius 3 is 2.71 bits per heavy atom. The highest BCUT2D eigenvalue weighted by atomic mass is 32.2. The summed E-state index contributed by atoms with van der Waals surface area (Å²) < 4.78 is 5.08. The van der Waals surface area contributed by atoms with Gasteiger partial charge in [0.05, 0.1) is 7.11 Å². The molecule has 0 saturated heterocycles. The van der Waals surface area contributed by atoms with Crippen LogP contribution in [0.1, 0.15) is 39.5 Å². The quantitative estimate of drug-likeness (QED) is 0.843. The van der Waals surface area contributed by atoms with E-state index in [0.29, 0.717) is 5.25 Å². The molecule has 1 N–H and O–H groups in total. The van der Waals surface area contributed by atoms with E-state index in [-0.39, 0.29) is 12.0 Å². The summed E-state index contributed by atoms with van der Waals surface area (Å²) in [5, 5.41) is 3.92. The molecule has 0 aromatic heterocycles. The molecule has 1 fully saturated rings. The van der Waals surface area contributed by atoms with E-state index in [0.717, 1.165) is 25.7 Å². The van der Waals surface area contributed by atoms with Crippen LogP contribution in [0.5, 0.6) is 0 Å². The van der Waals surface area contributed by atoms with Crippen molar-refractivity contribution in [3.63, 3.8) is 0 Å². The second kappa shape index (κ2) is 7.32. The molecule has 1 aromatic carbocycles. The fraction of sp³-hybridized carbons (Fsp3) is 0.588. The van der Waals surface area contributed by atoms with Crippen molar-refractivity contribution in [2.24, 2.45) is 0 Å².